The van der Waals surface area contributed by atoms with E-state index in [0.717, 1.165) is 70.6 Å². The molecule has 418 valence electrons. The number of carbonyl (C=O) groups excluding carboxylic acids is 1. The SMILES string of the molecule is CC/C=C\C/C=C\C/C=C\C/C=C\CCCCCCCCCCC(=O)NC(COP(=O)(O)OCC[N+](C)(C)C)C(O)CCCCCCCCCCCCCCCCCCCCCCCCCCCCCC. The Balaban J connectivity index is 4.12. The maximum Gasteiger partial charge on any atom is 0.472 e. The number of aliphatic hydroxyl groups is 1. The van der Waals surface area contributed by atoms with Gasteiger partial charge in [-0.25, -0.2) is 4.57 Å². The molecule has 0 saturated carbocycles. The molecule has 9 heteroatoms. The van der Waals surface area contributed by atoms with Gasteiger partial charge in [0, 0.05) is 6.42 Å². The Morgan fingerprint density at radius 2 is 0.845 bits per heavy atom. The molecule has 0 aliphatic carbocycles. The Kier molecular flexibility index (Phi) is 52.1. The second-order valence-electron chi connectivity index (χ2n) is 22.1. The van der Waals surface area contributed by atoms with Crippen LogP contribution in [0.5, 0.6) is 0 Å². The number of phosphoric acid groups is 1. The number of nitrogens with zero attached hydrogens (tertiary/aromatic N) is 1. The van der Waals surface area contributed by atoms with Gasteiger partial charge in [-0.2, -0.15) is 0 Å². The minimum Gasteiger partial charge on any atom is -0.391 e. The van der Waals surface area contributed by atoms with E-state index in [1.54, 1.807) is 0 Å². The van der Waals surface area contributed by atoms with Gasteiger partial charge in [-0.3, -0.25) is 13.8 Å². The average Bonchev–Trinajstić information content (AvgIpc) is 3.33. The molecule has 0 radical (unpaired) electrons. The van der Waals surface area contributed by atoms with Crippen LogP contribution in [0.2, 0.25) is 0 Å². The molecule has 0 aromatic carbocycles. The molecule has 0 spiro atoms. The summed E-state index contributed by atoms with van der Waals surface area (Å²) in [6, 6.07) is -0.768. The second kappa shape index (κ2) is 53.3. The van der Waals surface area contributed by atoms with Crippen LogP contribution in [0.25, 0.3) is 0 Å². The molecule has 3 atom stereocenters. The van der Waals surface area contributed by atoms with E-state index in [1.807, 2.05) is 21.1 Å². The van der Waals surface area contributed by atoms with Crippen LogP contribution in [0.4, 0.5) is 0 Å². The number of phosphoric ester groups is 1. The van der Waals surface area contributed by atoms with Gasteiger partial charge in [0.25, 0.3) is 0 Å². The number of allylic oxidation sites excluding steroid dienone is 8. The molecular formula is C62H120N2O6P+. The van der Waals surface area contributed by atoms with Gasteiger partial charge in [0.05, 0.1) is 39.9 Å². The minimum absolute atomic E-state index is 0.0719. The third kappa shape index (κ3) is 56.0. The highest BCUT2D eigenvalue weighted by Crippen LogP contribution is 2.43. The van der Waals surface area contributed by atoms with Gasteiger partial charge >= 0.3 is 7.82 Å². The Morgan fingerprint density at radius 1 is 0.493 bits per heavy atom. The van der Waals surface area contributed by atoms with Crippen molar-refractivity contribution in [1.82, 2.24) is 5.32 Å². The van der Waals surface area contributed by atoms with Gasteiger partial charge in [0.2, 0.25) is 5.91 Å². The molecule has 3 N–H and O–H groups in total. The van der Waals surface area contributed by atoms with Crippen LogP contribution >= 0.6 is 7.82 Å². The van der Waals surface area contributed by atoms with Gasteiger partial charge in [-0.15, -0.1) is 0 Å². The quantitative estimate of drug-likeness (QED) is 0.0243. The number of unbranched alkanes of at least 4 members (excludes halogenated alkanes) is 35. The summed E-state index contributed by atoms with van der Waals surface area (Å²) in [7, 11) is 1.61. The molecule has 0 aromatic heterocycles. The zero-order valence-electron chi connectivity index (χ0n) is 47.7. The lowest BCUT2D eigenvalue weighted by Gasteiger charge is -2.26. The number of nitrogens with one attached hydrogen (secondary N) is 1. The van der Waals surface area contributed by atoms with Crippen LogP contribution in [0.3, 0.4) is 0 Å². The number of hydrogen-bond acceptors (Lipinski definition) is 5. The summed E-state index contributed by atoms with van der Waals surface area (Å²) < 4.78 is 23.8. The van der Waals surface area contributed by atoms with Crippen molar-refractivity contribution >= 4 is 13.7 Å². The normalized spacial score (nSPS) is 14.2. The molecule has 0 aliphatic heterocycles. The van der Waals surface area contributed by atoms with Crippen molar-refractivity contribution in [3.63, 3.8) is 0 Å². The van der Waals surface area contributed by atoms with E-state index < -0.39 is 20.0 Å². The summed E-state index contributed by atoms with van der Waals surface area (Å²) in [6.07, 6.45) is 70.4. The maximum atomic E-state index is 13.0. The van der Waals surface area contributed by atoms with E-state index in [-0.39, 0.29) is 19.1 Å². The standard InChI is InChI=1S/C62H119N2O6P/c1-6-8-10-12-14-16-18-20-22-24-26-28-29-30-31-32-33-34-36-37-39-41-43-45-47-49-51-53-55-61(65)60(59-70-71(67,68)69-58-57-64(3,4)5)63-62(66)56-54-52-50-48-46-44-42-40-38-35-27-25-23-21-19-17-15-13-11-9-7-2/h9,11,15,17,21,23,27,35,60-61,65H,6-8,10,12-14,16,18-20,22,24-26,28-34,36-59H2,1-5H3,(H-,63,66,67,68)/p+1/b11-9-,17-15-,23-21-,35-27-. The number of hydrogen-bond donors (Lipinski definition) is 3. The lowest BCUT2D eigenvalue weighted by atomic mass is 10.0. The molecule has 3 unspecified atom stereocenters. The highest BCUT2D eigenvalue weighted by molar-refractivity contribution is 7.47. The first kappa shape index (κ1) is 69.5. The van der Waals surface area contributed by atoms with Crippen molar-refractivity contribution in [3.8, 4) is 0 Å². The van der Waals surface area contributed by atoms with Gasteiger partial charge in [0.1, 0.15) is 13.2 Å². The van der Waals surface area contributed by atoms with E-state index in [2.05, 4.69) is 67.8 Å². The summed E-state index contributed by atoms with van der Waals surface area (Å²) in [4.78, 5) is 23.4. The van der Waals surface area contributed by atoms with Crippen LogP contribution in [-0.2, 0) is 18.4 Å². The lowest BCUT2D eigenvalue weighted by Crippen LogP contribution is -2.46. The Hall–Kier alpha value is -1.54. The van der Waals surface area contributed by atoms with Crippen LogP contribution < -0.4 is 5.32 Å². The number of aliphatic hydroxyl groups excluding tert-OH is 1. The molecule has 0 aromatic rings. The fraction of sp³-hybridized carbons (Fsp3) is 0.855. The van der Waals surface area contributed by atoms with Gasteiger partial charge < -0.3 is 19.8 Å². The summed E-state index contributed by atoms with van der Waals surface area (Å²) >= 11 is 0. The fourth-order valence-electron chi connectivity index (χ4n) is 9.10. The first-order chi connectivity index (χ1) is 34.5. The summed E-state index contributed by atoms with van der Waals surface area (Å²) in [5, 5.41) is 14.1. The smallest absolute Gasteiger partial charge is 0.391 e. The molecule has 0 saturated heterocycles. The monoisotopic (exact) mass is 1020 g/mol. The zero-order chi connectivity index (χ0) is 52.0. The molecule has 0 fully saturated rings. The van der Waals surface area contributed by atoms with Crippen molar-refractivity contribution in [1.29, 1.82) is 0 Å². The maximum absolute atomic E-state index is 13.0. The molecule has 0 rings (SSSR count). The van der Waals surface area contributed by atoms with Crippen LogP contribution in [0.15, 0.2) is 48.6 Å². The number of quaternary nitrogens is 1. The molecule has 71 heavy (non-hydrogen) atoms. The molecule has 1 amide bonds. The molecule has 0 bridgehead atoms. The molecule has 0 aliphatic rings. The second-order valence-corrected chi connectivity index (χ2v) is 23.5. The topological polar surface area (TPSA) is 105 Å². The van der Waals surface area contributed by atoms with E-state index in [0.29, 0.717) is 23.9 Å². The Bertz CT molecular complexity index is 1290. The van der Waals surface area contributed by atoms with Crippen LogP contribution in [-0.4, -0.2) is 73.4 Å². The van der Waals surface area contributed by atoms with Gasteiger partial charge in [-0.05, 0) is 51.4 Å². The van der Waals surface area contributed by atoms with Gasteiger partial charge in [-0.1, -0.05) is 281 Å². The van der Waals surface area contributed by atoms with Crippen molar-refractivity contribution in [2.75, 3.05) is 40.9 Å². The molecular weight excluding hydrogens is 900 g/mol. The number of likely N-dealkylation sites (N-methyl/N-ethyl adjacent to an activating group) is 1. The van der Waals surface area contributed by atoms with Crippen molar-refractivity contribution in [2.24, 2.45) is 0 Å². The van der Waals surface area contributed by atoms with Crippen molar-refractivity contribution in [3.05, 3.63) is 48.6 Å². The summed E-state index contributed by atoms with van der Waals surface area (Å²) in [6.45, 7) is 4.80. The minimum atomic E-state index is -4.33. The van der Waals surface area contributed by atoms with E-state index in [9.17, 15) is 19.4 Å². The largest absolute Gasteiger partial charge is 0.472 e. The molecule has 8 nitrogen and oxygen atoms in total. The van der Waals surface area contributed by atoms with E-state index in [1.165, 1.54) is 193 Å². The zero-order valence-corrected chi connectivity index (χ0v) is 48.6. The highest BCUT2D eigenvalue weighted by Gasteiger charge is 2.28. The van der Waals surface area contributed by atoms with Crippen LogP contribution in [0, 0.1) is 0 Å². The Labute approximate surface area is 441 Å². The Morgan fingerprint density at radius 3 is 1.24 bits per heavy atom. The predicted molar refractivity (Wildman–Crippen MR) is 309 cm³/mol. The third-order valence-electron chi connectivity index (χ3n) is 13.8. The van der Waals surface area contributed by atoms with E-state index >= 15 is 0 Å². The first-order valence-corrected chi connectivity index (χ1v) is 32.0. The van der Waals surface area contributed by atoms with E-state index in [4.69, 9.17) is 9.05 Å². The third-order valence-corrected chi connectivity index (χ3v) is 14.8. The van der Waals surface area contributed by atoms with Gasteiger partial charge in [0.15, 0.2) is 0 Å². The average molecular weight is 1020 g/mol. The lowest BCUT2D eigenvalue weighted by molar-refractivity contribution is -0.870. The summed E-state index contributed by atoms with van der Waals surface area (Å²) in [5.41, 5.74) is 0. The number of carbonyl (C=O) groups is 1. The number of rotatable bonds is 56. The first-order valence-electron chi connectivity index (χ1n) is 30.5. The predicted octanol–water partition coefficient (Wildman–Crippen LogP) is 18.7. The summed E-state index contributed by atoms with van der Waals surface area (Å²) in [5.74, 6) is -0.150. The highest BCUT2D eigenvalue weighted by atomic mass is 31.2. The van der Waals surface area contributed by atoms with Crippen molar-refractivity contribution < 1.29 is 32.9 Å². The fourth-order valence-corrected chi connectivity index (χ4v) is 9.84. The van der Waals surface area contributed by atoms with Crippen molar-refractivity contribution in [2.45, 2.75) is 302 Å². The molecule has 0 heterocycles. The number of amides is 1. The van der Waals surface area contributed by atoms with Crippen LogP contribution in [0.1, 0.15) is 290 Å².